The Bertz CT molecular complexity index is 565. The van der Waals surface area contributed by atoms with Crippen LogP contribution in [0.1, 0.15) is 19.5 Å². The molecule has 0 bridgehead atoms. The lowest BCUT2D eigenvalue weighted by Gasteiger charge is -2.02. The topological polar surface area (TPSA) is 46.9 Å². The van der Waals surface area contributed by atoms with E-state index in [0.717, 1.165) is 31.1 Å². The molecule has 1 aromatic carbocycles. The first-order valence-corrected chi connectivity index (χ1v) is 8.25. The Labute approximate surface area is 116 Å². The number of hydrogen-bond acceptors (Lipinski definition) is 3. The molecule has 104 valence electrons. The fraction of sp³-hybridized carbons (Fsp3) is 0.500. The van der Waals surface area contributed by atoms with Crippen LogP contribution in [0, 0.1) is 0 Å². The molecule has 0 radical (unpaired) electrons. The van der Waals surface area contributed by atoms with E-state index in [1.165, 1.54) is 10.9 Å². The van der Waals surface area contributed by atoms with Gasteiger partial charge in [-0.2, -0.15) is 5.10 Å². The molecule has 19 heavy (non-hydrogen) atoms. The zero-order chi connectivity index (χ0) is 13.7. The first-order chi connectivity index (χ1) is 9.26. The number of aryl methyl sites for hydroxylation is 1. The van der Waals surface area contributed by atoms with Gasteiger partial charge in [-0.05, 0) is 13.0 Å². The van der Waals surface area contributed by atoms with Gasteiger partial charge in [0, 0.05) is 47.3 Å². The number of nitrogens with one attached hydrogen (secondary N) is 1. The van der Waals surface area contributed by atoms with Gasteiger partial charge in [-0.25, -0.2) is 0 Å². The van der Waals surface area contributed by atoms with Crippen molar-refractivity contribution in [2.45, 2.75) is 26.9 Å². The van der Waals surface area contributed by atoms with Gasteiger partial charge in [-0.1, -0.05) is 25.1 Å². The minimum atomic E-state index is -0.697. The van der Waals surface area contributed by atoms with E-state index < -0.39 is 10.8 Å². The van der Waals surface area contributed by atoms with Crippen molar-refractivity contribution in [1.29, 1.82) is 0 Å². The van der Waals surface area contributed by atoms with Crippen LogP contribution >= 0.6 is 0 Å². The fourth-order valence-electron chi connectivity index (χ4n) is 2.10. The van der Waals surface area contributed by atoms with Crippen LogP contribution in [0.3, 0.4) is 0 Å². The SMILES string of the molecule is CCn1nc(CNCCS(=O)CC)c2ccccc21. The molecular formula is C14H21N3OS. The van der Waals surface area contributed by atoms with E-state index in [4.69, 9.17) is 0 Å². The Hall–Kier alpha value is -1.20. The summed E-state index contributed by atoms with van der Waals surface area (Å²) < 4.78 is 13.4. The number of para-hydroxylation sites is 1. The summed E-state index contributed by atoms with van der Waals surface area (Å²) in [4.78, 5) is 0. The average Bonchev–Trinajstić information content (AvgIpc) is 2.81. The van der Waals surface area contributed by atoms with Crippen LogP contribution in [0.5, 0.6) is 0 Å². The molecule has 0 aliphatic rings. The number of nitrogens with zero attached hydrogens (tertiary/aromatic N) is 2. The van der Waals surface area contributed by atoms with Crippen molar-refractivity contribution in [3.05, 3.63) is 30.0 Å². The van der Waals surface area contributed by atoms with Gasteiger partial charge in [0.15, 0.2) is 0 Å². The lowest BCUT2D eigenvalue weighted by atomic mass is 10.2. The molecule has 0 saturated heterocycles. The predicted molar refractivity (Wildman–Crippen MR) is 80.7 cm³/mol. The van der Waals surface area contributed by atoms with Gasteiger partial charge < -0.3 is 5.32 Å². The first kappa shape index (κ1) is 14.2. The van der Waals surface area contributed by atoms with Crippen LogP contribution in [0.4, 0.5) is 0 Å². The third kappa shape index (κ3) is 3.42. The van der Waals surface area contributed by atoms with Gasteiger partial charge in [0.1, 0.15) is 0 Å². The second kappa shape index (κ2) is 6.82. The van der Waals surface area contributed by atoms with E-state index in [2.05, 4.69) is 29.5 Å². The maximum absolute atomic E-state index is 11.3. The summed E-state index contributed by atoms with van der Waals surface area (Å²) in [5, 5.41) is 9.15. The van der Waals surface area contributed by atoms with Gasteiger partial charge in [0.25, 0.3) is 0 Å². The molecule has 1 aromatic heterocycles. The molecule has 0 amide bonds. The third-order valence-electron chi connectivity index (χ3n) is 3.15. The smallest absolute Gasteiger partial charge is 0.0841 e. The van der Waals surface area contributed by atoms with E-state index in [0.29, 0.717) is 5.75 Å². The summed E-state index contributed by atoms with van der Waals surface area (Å²) in [6.45, 7) is 6.43. The van der Waals surface area contributed by atoms with Crippen molar-refractivity contribution < 1.29 is 4.21 Å². The molecular weight excluding hydrogens is 258 g/mol. The molecule has 2 aromatic rings. The van der Waals surface area contributed by atoms with Crippen LogP contribution in [0.25, 0.3) is 10.9 Å². The number of fused-ring (bicyclic) bond motifs is 1. The van der Waals surface area contributed by atoms with Gasteiger partial charge in [0.2, 0.25) is 0 Å². The van der Waals surface area contributed by atoms with Crippen molar-refractivity contribution in [3.8, 4) is 0 Å². The number of hydrogen-bond donors (Lipinski definition) is 1. The summed E-state index contributed by atoms with van der Waals surface area (Å²) in [5.74, 6) is 1.44. The molecule has 2 rings (SSSR count). The van der Waals surface area contributed by atoms with Crippen LogP contribution in [-0.4, -0.2) is 32.0 Å². The Morgan fingerprint density at radius 3 is 2.84 bits per heavy atom. The van der Waals surface area contributed by atoms with Crippen LogP contribution in [-0.2, 0) is 23.9 Å². The number of aromatic nitrogens is 2. The summed E-state index contributed by atoms with van der Waals surface area (Å²) in [6.07, 6.45) is 0. The molecule has 0 saturated carbocycles. The van der Waals surface area contributed by atoms with Gasteiger partial charge in [-0.15, -0.1) is 0 Å². The molecule has 1 unspecified atom stereocenters. The highest BCUT2D eigenvalue weighted by atomic mass is 32.2. The minimum Gasteiger partial charge on any atom is -0.310 e. The standard InChI is InChI=1S/C14H21N3OS/c1-3-17-14-8-6-5-7-12(14)13(16-17)11-15-9-10-19(18)4-2/h5-8,15H,3-4,9-11H2,1-2H3. The molecule has 5 heteroatoms. The summed E-state index contributed by atoms with van der Waals surface area (Å²) >= 11 is 0. The van der Waals surface area contributed by atoms with Crippen LogP contribution in [0.2, 0.25) is 0 Å². The number of benzene rings is 1. The lowest BCUT2D eigenvalue weighted by Crippen LogP contribution is -2.21. The number of rotatable bonds is 7. The maximum atomic E-state index is 11.3. The highest BCUT2D eigenvalue weighted by Crippen LogP contribution is 2.17. The zero-order valence-corrected chi connectivity index (χ0v) is 12.4. The second-order valence-corrected chi connectivity index (χ2v) is 6.25. The Morgan fingerprint density at radius 2 is 2.11 bits per heavy atom. The van der Waals surface area contributed by atoms with Gasteiger partial charge in [-0.3, -0.25) is 8.89 Å². The largest absolute Gasteiger partial charge is 0.310 e. The normalized spacial score (nSPS) is 12.9. The van der Waals surface area contributed by atoms with Crippen molar-refractivity contribution in [2.24, 2.45) is 0 Å². The molecule has 0 fully saturated rings. The monoisotopic (exact) mass is 279 g/mol. The zero-order valence-electron chi connectivity index (χ0n) is 11.6. The predicted octanol–water partition coefficient (Wildman–Crippen LogP) is 1.91. The highest BCUT2D eigenvalue weighted by molar-refractivity contribution is 7.84. The lowest BCUT2D eigenvalue weighted by molar-refractivity contribution is 0.639. The Kier molecular flexibility index (Phi) is 5.10. The molecule has 4 nitrogen and oxygen atoms in total. The highest BCUT2D eigenvalue weighted by Gasteiger charge is 2.08. The van der Waals surface area contributed by atoms with E-state index in [1.54, 1.807) is 0 Å². The summed E-state index contributed by atoms with van der Waals surface area (Å²) in [5.41, 5.74) is 2.25. The average molecular weight is 279 g/mol. The Balaban J connectivity index is 2.02. The summed E-state index contributed by atoms with van der Waals surface area (Å²) in [7, 11) is -0.697. The van der Waals surface area contributed by atoms with Crippen molar-refractivity contribution >= 4 is 21.7 Å². The molecule has 0 spiro atoms. The molecule has 1 heterocycles. The molecule has 1 N–H and O–H groups in total. The maximum Gasteiger partial charge on any atom is 0.0841 e. The van der Waals surface area contributed by atoms with E-state index >= 15 is 0 Å². The minimum absolute atomic E-state index is 0.697. The van der Waals surface area contributed by atoms with E-state index in [-0.39, 0.29) is 0 Å². The molecule has 0 aliphatic carbocycles. The molecule has 0 aliphatic heterocycles. The van der Waals surface area contributed by atoms with E-state index in [1.807, 2.05) is 23.7 Å². The van der Waals surface area contributed by atoms with Crippen molar-refractivity contribution in [3.63, 3.8) is 0 Å². The molecule has 1 atom stereocenters. The van der Waals surface area contributed by atoms with E-state index in [9.17, 15) is 4.21 Å². The third-order valence-corrected chi connectivity index (χ3v) is 4.46. The van der Waals surface area contributed by atoms with Crippen molar-refractivity contribution in [2.75, 3.05) is 18.1 Å². The fourth-order valence-corrected chi connectivity index (χ4v) is 2.77. The van der Waals surface area contributed by atoms with Gasteiger partial charge >= 0.3 is 0 Å². The first-order valence-electron chi connectivity index (χ1n) is 6.76. The van der Waals surface area contributed by atoms with Gasteiger partial charge in [0.05, 0.1) is 11.2 Å². The van der Waals surface area contributed by atoms with Crippen LogP contribution in [0.15, 0.2) is 24.3 Å². The van der Waals surface area contributed by atoms with Crippen molar-refractivity contribution in [1.82, 2.24) is 15.1 Å². The summed E-state index contributed by atoms with van der Waals surface area (Å²) in [6, 6.07) is 8.29. The Morgan fingerprint density at radius 1 is 1.32 bits per heavy atom. The van der Waals surface area contributed by atoms with Crippen LogP contribution < -0.4 is 5.32 Å². The quantitative estimate of drug-likeness (QED) is 0.788. The second-order valence-electron chi connectivity index (χ2n) is 4.39.